The van der Waals surface area contributed by atoms with Crippen LogP contribution in [-0.2, 0) is 28.0 Å². The molecule has 1 fully saturated rings. The van der Waals surface area contributed by atoms with Gasteiger partial charge < -0.3 is 15.0 Å². The van der Waals surface area contributed by atoms with Gasteiger partial charge in [0.05, 0.1) is 4.47 Å². The fourth-order valence-electron chi connectivity index (χ4n) is 5.24. The second kappa shape index (κ2) is 13.5. The summed E-state index contributed by atoms with van der Waals surface area (Å²) >= 11 is 3.62. The second-order valence-corrected chi connectivity index (χ2v) is 12.7. The van der Waals surface area contributed by atoms with Crippen LogP contribution in [-0.4, -0.2) is 35.4 Å². The van der Waals surface area contributed by atoms with Crippen molar-refractivity contribution >= 4 is 27.7 Å². The van der Waals surface area contributed by atoms with E-state index in [4.69, 9.17) is 4.74 Å². The Hall–Kier alpha value is -3.12. The number of carbonyl (C=O) groups is 2. The molecule has 3 aromatic rings. The van der Waals surface area contributed by atoms with Crippen LogP contribution in [0.4, 0.5) is 0 Å². The van der Waals surface area contributed by atoms with E-state index in [0.29, 0.717) is 18.7 Å². The molecule has 5 nitrogen and oxygen atoms in total. The summed E-state index contributed by atoms with van der Waals surface area (Å²) in [6.07, 6.45) is 4.64. The summed E-state index contributed by atoms with van der Waals surface area (Å²) < 4.78 is 6.86. The molecule has 1 aliphatic rings. The van der Waals surface area contributed by atoms with Gasteiger partial charge in [0.25, 0.3) is 5.91 Å². The molecule has 1 N–H and O–H groups in total. The van der Waals surface area contributed by atoms with Gasteiger partial charge in [-0.25, -0.2) is 0 Å². The van der Waals surface area contributed by atoms with Crippen LogP contribution in [0.25, 0.3) is 0 Å². The number of nitrogens with zero attached hydrogens (tertiary/aromatic N) is 1. The molecule has 0 radical (unpaired) electrons. The maximum Gasteiger partial charge on any atom is 0.261 e. The van der Waals surface area contributed by atoms with E-state index < -0.39 is 6.04 Å². The van der Waals surface area contributed by atoms with Crippen LogP contribution in [0.2, 0.25) is 0 Å². The van der Waals surface area contributed by atoms with Crippen molar-refractivity contribution in [2.45, 2.75) is 83.8 Å². The van der Waals surface area contributed by atoms with Gasteiger partial charge in [-0.15, -0.1) is 0 Å². The monoisotopic (exact) mass is 604 g/mol. The molecule has 0 aliphatic heterocycles. The second-order valence-electron chi connectivity index (χ2n) is 11.9. The molecule has 0 heterocycles. The Morgan fingerprint density at radius 3 is 2.33 bits per heavy atom. The Kier molecular flexibility index (Phi) is 10.1. The first-order valence-electron chi connectivity index (χ1n) is 14.2. The highest BCUT2D eigenvalue weighted by Gasteiger charge is 2.32. The third kappa shape index (κ3) is 8.20. The van der Waals surface area contributed by atoms with Crippen LogP contribution in [0, 0.1) is 6.92 Å². The third-order valence-electron chi connectivity index (χ3n) is 7.56. The Bertz CT molecular complexity index is 1300. The molecule has 6 heteroatoms. The van der Waals surface area contributed by atoms with E-state index in [1.807, 2.05) is 73.7 Å². The molecule has 0 saturated heterocycles. The zero-order valence-corrected chi connectivity index (χ0v) is 25.7. The van der Waals surface area contributed by atoms with Gasteiger partial charge >= 0.3 is 0 Å². The standard InChI is InChI=1S/C34H41BrN2O3/c1-24-11-10-14-26(19-24)22-37(32(38)23-40-31-18-17-27(21-29(31)35)34(2,3)4)30(20-25-12-6-5-7-13-25)33(39)36-28-15-8-9-16-28/h5-7,10-14,17-19,21,28,30H,8-9,15-16,20,22-23H2,1-4H3,(H,36,39). The number of halogens is 1. The van der Waals surface area contributed by atoms with Crippen LogP contribution in [0.5, 0.6) is 5.75 Å². The average molecular weight is 606 g/mol. The highest BCUT2D eigenvalue weighted by molar-refractivity contribution is 9.10. The van der Waals surface area contributed by atoms with Gasteiger partial charge in [-0.1, -0.05) is 99.8 Å². The largest absolute Gasteiger partial charge is 0.483 e. The molecule has 0 aromatic heterocycles. The summed E-state index contributed by atoms with van der Waals surface area (Å²) in [5, 5.41) is 3.25. The number of hydrogen-bond acceptors (Lipinski definition) is 3. The SMILES string of the molecule is Cc1cccc(CN(C(=O)COc2ccc(C(C)(C)C)cc2Br)C(Cc2ccccc2)C(=O)NC2CCCC2)c1. The number of carbonyl (C=O) groups excluding carboxylic acids is 2. The third-order valence-corrected chi connectivity index (χ3v) is 8.18. The van der Waals surface area contributed by atoms with E-state index in [2.05, 4.69) is 48.1 Å². The van der Waals surface area contributed by atoms with Crippen molar-refractivity contribution in [2.24, 2.45) is 0 Å². The van der Waals surface area contributed by atoms with Crippen molar-refractivity contribution in [2.75, 3.05) is 6.61 Å². The minimum Gasteiger partial charge on any atom is -0.483 e. The summed E-state index contributed by atoms with van der Waals surface area (Å²) in [6.45, 7) is 8.67. The fraction of sp³-hybridized carbons (Fsp3) is 0.412. The number of benzene rings is 3. The maximum absolute atomic E-state index is 13.9. The Morgan fingerprint density at radius 2 is 1.68 bits per heavy atom. The van der Waals surface area contributed by atoms with Gasteiger partial charge in [0, 0.05) is 19.0 Å². The molecule has 3 aromatic carbocycles. The first-order valence-corrected chi connectivity index (χ1v) is 15.0. The Labute approximate surface area is 247 Å². The number of hydrogen-bond donors (Lipinski definition) is 1. The van der Waals surface area contributed by atoms with Crippen LogP contribution in [0.15, 0.2) is 77.3 Å². The van der Waals surface area contributed by atoms with Crippen LogP contribution in [0.1, 0.15) is 68.7 Å². The van der Waals surface area contributed by atoms with Crippen molar-refractivity contribution in [3.05, 3.63) is 99.5 Å². The van der Waals surface area contributed by atoms with E-state index in [9.17, 15) is 9.59 Å². The molecule has 1 unspecified atom stereocenters. The minimum atomic E-state index is -0.661. The molecule has 1 aliphatic carbocycles. The predicted octanol–water partition coefficient (Wildman–Crippen LogP) is 7.13. The number of aryl methyl sites for hydroxylation is 1. The molecule has 4 rings (SSSR count). The summed E-state index contributed by atoms with van der Waals surface area (Å²) in [6, 6.07) is 23.5. The van der Waals surface area contributed by atoms with Gasteiger partial charge in [0.1, 0.15) is 11.8 Å². The number of ether oxygens (including phenoxy) is 1. The van der Waals surface area contributed by atoms with Crippen molar-refractivity contribution in [3.8, 4) is 5.75 Å². The van der Waals surface area contributed by atoms with Gasteiger partial charge in [-0.3, -0.25) is 9.59 Å². The molecule has 1 atom stereocenters. The molecule has 0 bridgehead atoms. The number of nitrogens with one attached hydrogen (secondary N) is 1. The molecule has 2 amide bonds. The van der Waals surface area contributed by atoms with Crippen molar-refractivity contribution in [1.82, 2.24) is 10.2 Å². The lowest BCUT2D eigenvalue weighted by atomic mass is 9.87. The zero-order chi connectivity index (χ0) is 28.7. The van der Waals surface area contributed by atoms with Gasteiger partial charge in [-0.2, -0.15) is 0 Å². The highest BCUT2D eigenvalue weighted by atomic mass is 79.9. The molecule has 0 spiro atoms. The van der Waals surface area contributed by atoms with Crippen LogP contribution < -0.4 is 10.1 Å². The Balaban J connectivity index is 1.61. The molecular formula is C34H41BrN2O3. The molecule has 212 valence electrons. The molecular weight excluding hydrogens is 564 g/mol. The van der Waals surface area contributed by atoms with Crippen molar-refractivity contribution in [3.63, 3.8) is 0 Å². The first kappa shape index (κ1) is 29.9. The average Bonchev–Trinajstić information content (AvgIpc) is 3.43. The quantitative estimate of drug-likeness (QED) is 0.268. The highest BCUT2D eigenvalue weighted by Crippen LogP contribution is 2.31. The van der Waals surface area contributed by atoms with E-state index >= 15 is 0 Å². The topological polar surface area (TPSA) is 58.6 Å². The van der Waals surface area contributed by atoms with E-state index in [1.165, 1.54) is 5.56 Å². The number of rotatable bonds is 10. The lowest BCUT2D eigenvalue weighted by Gasteiger charge is -2.32. The molecule has 40 heavy (non-hydrogen) atoms. The Morgan fingerprint density at radius 1 is 0.975 bits per heavy atom. The lowest BCUT2D eigenvalue weighted by molar-refractivity contribution is -0.143. The van der Waals surface area contributed by atoms with Crippen molar-refractivity contribution < 1.29 is 14.3 Å². The van der Waals surface area contributed by atoms with E-state index in [1.54, 1.807) is 4.90 Å². The lowest BCUT2D eigenvalue weighted by Crippen LogP contribution is -2.53. The van der Waals surface area contributed by atoms with E-state index in [0.717, 1.165) is 46.8 Å². The van der Waals surface area contributed by atoms with E-state index in [-0.39, 0.29) is 29.9 Å². The van der Waals surface area contributed by atoms with Crippen LogP contribution in [0.3, 0.4) is 0 Å². The van der Waals surface area contributed by atoms with Gasteiger partial charge in [0.2, 0.25) is 5.91 Å². The predicted molar refractivity (Wildman–Crippen MR) is 164 cm³/mol. The molecule has 1 saturated carbocycles. The zero-order valence-electron chi connectivity index (χ0n) is 24.1. The number of amides is 2. The fourth-order valence-corrected chi connectivity index (χ4v) is 5.73. The normalized spacial score (nSPS) is 14.5. The first-order chi connectivity index (χ1) is 19.1. The van der Waals surface area contributed by atoms with Crippen molar-refractivity contribution in [1.29, 1.82) is 0 Å². The van der Waals surface area contributed by atoms with Crippen LogP contribution >= 0.6 is 15.9 Å². The van der Waals surface area contributed by atoms with Gasteiger partial charge in [0.15, 0.2) is 6.61 Å². The van der Waals surface area contributed by atoms with Gasteiger partial charge in [-0.05, 0) is 69.9 Å². The smallest absolute Gasteiger partial charge is 0.261 e. The maximum atomic E-state index is 13.9. The summed E-state index contributed by atoms with van der Waals surface area (Å²) in [4.78, 5) is 29.4. The minimum absolute atomic E-state index is 0.00117. The summed E-state index contributed by atoms with van der Waals surface area (Å²) in [7, 11) is 0. The summed E-state index contributed by atoms with van der Waals surface area (Å²) in [5.41, 5.74) is 4.27. The summed E-state index contributed by atoms with van der Waals surface area (Å²) in [5.74, 6) is 0.273.